The Morgan fingerprint density at radius 1 is 1.35 bits per heavy atom. The molecule has 106 valence electrons. The van der Waals surface area contributed by atoms with Crippen LogP contribution in [0.5, 0.6) is 0 Å². The van der Waals surface area contributed by atoms with Crippen molar-refractivity contribution >= 4 is 21.4 Å². The SMILES string of the molecule is O=C(NC1C=CS(=O)(=O)C1)c1cccc2c1CCCN2. The summed E-state index contributed by atoms with van der Waals surface area (Å²) in [5.74, 6) is -0.260. The highest BCUT2D eigenvalue weighted by Crippen LogP contribution is 2.25. The zero-order valence-electron chi connectivity index (χ0n) is 10.9. The van der Waals surface area contributed by atoms with Crippen LogP contribution in [0.4, 0.5) is 5.69 Å². The predicted molar refractivity (Wildman–Crippen MR) is 77.4 cm³/mol. The summed E-state index contributed by atoms with van der Waals surface area (Å²) in [5.41, 5.74) is 2.65. The topological polar surface area (TPSA) is 75.3 Å². The molecule has 6 heteroatoms. The number of hydrogen-bond donors (Lipinski definition) is 2. The highest BCUT2D eigenvalue weighted by molar-refractivity contribution is 7.94. The molecule has 2 heterocycles. The van der Waals surface area contributed by atoms with Crippen molar-refractivity contribution in [2.75, 3.05) is 17.6 Å². The molecule has 1 amide bonds. The number of hydrogen-bond acceptors (Lipinski definition) is 4. The number of anilines is 1. The van der Waals surface area contributed by atoms with Gasteiger partial charge in [-0.15, -0.1) is 0 Å². The lowest BCUT2D eigenvalue weighted by molar-refractivity contribution is 0.0946. The van der Waals surface area contributed by atoms with Gasteiger partial charge in [0.2, 0.25) is 0 Å². The molecule has 0 saturated carbocycles. The number of benzene rings is 1. The molecule has 1 aromatic rings. The van der Waals surface area contributed by atoms with Gasteiger partial charge in [0, 0.05) is 23.2 Å². The zero-order valence-corrected chi connectivity index (χ0v) is 11.7. The fourth-order valence-corrected chi connectivity index (χ4v) is 3.87. The number of sulfone groups is 1. The summed E-state index contributed by atoms with van der Waals surface area (Å²) in [4.78, 5) is 12.3. The number of fused-ring (bicyclic) bond motifs is 1. The standard InChI is InChI=1S/C14H16N2O3S/c17-14(16-10-6-8-20(18,19)9-10)12-3-1-5-13-11(12)4-2-7-15-13/h1,3,5-6,8,10,15H,2,4,7,9H2,(H,16,17). The number of carbonyl (C=O) groups is 1. The van der Waals surface area contributed by atoms with Crippen molar-refractivity contribution in [3.63, 3.8) is 0 Å². The van der Waals surface area contributed by atoms with Crippen LogP contribution in [0.15, 0.2) is 29.7 Å². The fourth-order valence-electron chi connectivity index (χ4n) is 2.63. The minimum Gasteiger partial charge on any atom is -0.385 e. The predicted octanol–water partition coefficient (Wildman–Crippen LogP) is 1.09. The van der Waals surface area contributed by atoms with Gasteiger partial charge < -0.3 is 10.6 Å². The maximum atomic E-state index is 12.3. The van der Waals surface area contributed by atoms with E-state index in [4.69, 9.17) is 0 Å². The summed E-state index contributed by atoms with van der Waals surface area (Å²) in [7, 11) is -3.15. The quantitative estimate of drug-likeness (QED) is 0.855. The first-order valence-corrected chi connectivity index (χ1v) is 8.34. The van der Waals surface area contributed by atoms with Gasteiger partial charge in [0.15, 0.2) is 9.84 Å². The minimum atomic E-state index is -3.15. The summed E-state index contributed by atoms with van der Waals surface area (Å²) in [6.45, 7) is 0.918. The van der Waals surface area contributed by atoms with E-state index in [1.165, 1.54) is 11.5 Å². The van der Waals surface area contributed by atoms with Crippen LogP contribution in [0.2, 0.25) is 0 Å². The molecule has 2 aliphatic heterocycles. The van der Waals surface area contributed by atoms with E-state index in [1.54, 1.807) is 6.07 Å². The number of carbonyl (C=O) groups excluding carboxylic acids is 1. The average Bonchev–Trinajstić information content (AvgIpc) is 2.77. The van der Waals surface area contributed by atoms with Crippen molar-refractivity contribution in [1.82, 2.24) is 5.32 Å². The maximum Gasteiger partial charge on any atom is 0.252 e. The van der Waals surface area contributed by atoms with Gasteiger partial charge in [-0.2, -0.15) is 0 Å². The first-order valence-electron chi connectivity index (χ1n) is 6.63. The van der Waals surface area contributed by atoms with Crippen LogP contribution in [0.3, 0.4) is 0 Å². The molecule has 0 radical (unpaired) electrons. The normalized spacial score (nSPS) is 22.9. The minimum absolute atomic E-state index is 0.0496. The van der Waals surface area contributed by atoms with Gasteiger partial charge in [-0.1, -0.05) is 6.07 Å². The van der Waals surface area contributed by atoms with E-state index >= 15 is 0 Å². The van der Waals surface area contributed by atoms with Crippen molar-refractivity contribution in [1.29, 1.82) is 0 Å². The summed E-state index contributed by atoms with van der Waals surface area (Å²) < 4.78 is 22.7. The van der Waals surface area contributed by atoms with Gasteiger partial charge in [-0.25, -0.2) is 8.42 Å². The number of amides is 1. The van der Waals surface area contributed by atoms with Crippen molar-refractivity contribution in [2.45, 2.75) is 18.9 Å². The Morgan fingerprint density at radius 2 is 2.20 bits per heavy atom. The molecule has 0 saturated heterocycles. The monoisotopic (exact) mass is 292 g/mol. The van der Waals surface area contributed by atoms with Gasteiger partial charge >= 0.3 is 0 Å². The van der Waals surface area contributed by atoms with E-state index in [1.807, 2.05) is 12.1 Å². The largest absolute Gasteiger partial charge is 0.385 e. The van der Waals surface area contributed by atoms with E-state index in [0.717, 1.165) is 30.6 Å². The third-order valence-electron chi connectivity index (χ3n) is 3.59. The molecule has 0 fully saturated rings. The molecule has 0 bridgehead atoms. The molecule has 1 atom stereocenters. The van der Waals surface area contributed by atoms with Gasteiger partial charge in [0.25, 0.3) is 5.91 Å². The summed E-state index contributed by atoms with van der Waals surface area (Å²) in [5, 5.41) is 7.21. The Morgan fingerprint density at radius 3 is 2.95 bits per heavy atom. The van der Waals surface area contributed by atoms with Gasteiger partial charge in [-0.05, 0) is 36.6 Å². The highest BCUT2D eigenvalue weighted by atomic mass is 32.2. The summed E-state index contributed by atoms with van der Waals surface area (Å²) in [6.07, 6.45) is 3.39. The fraction of sp³-hybridized carbons (Fsp3) is 0.357. The lowest BCUT2D eigenvalue weighted by Crippen LogP contribution is -2.36. The van der Waals surface area contributed by atoms with Crippen LogP contribution in [0.1, 0.15) is 22.3 Å². The van der Waals surface area contributed by atoms with Crippen LogP contribution in [0.25, 0.3) is 0 Å². The van der Waals surface area contributed by atoms with E-state index in [-0.39, 0.29) is 11.7 Å². The third-order valence-corrected chi connectivity index (χ3v) is 4.98. The second kappa shape index (κ2) is 4.94. The Hall–Kier alpha value is -1.82. The maximum absolute atomic E-state index is 12.3. The van der Waals surface area contributed by atoms with Crippen molar-refractivity contribution < 1.29 is 13.2 Å². The molecule has 3 rings (SSSR count). The number of nitrogens with one attached hydrogen (secondary N) is 2. The van der Waals surface area contributed by atoms with E-state index in [9.17, 15) is 13.2 Å². The number of rotatable bonds is 2. The first-order chi connectivity index (χ1) is 9.55. The first kappa shape index (κ1) is 13.2. The second-order valence-corrected chi connectivity index (χ2v) is 7.03. The van der Waals surface area contributed by atoms with Crippen LogP contribution in [-0.2, 0) is 16.3 Å². The zero-order chi connectivity index (χ0) is 14.2. The highest BCUT2D eigenvalue weighted by Gasteiger charge is 2.25. The molecular weight excluding hydrogens is 276 g/mol. The van der Waals surface area contributed by atoms with Crippen molar-refractivity contribution in [3.05, 3.63) is 40.8 Å². The molecule has 2 N–H and O–H groups in total. The van der Waals surface area contributed by atoms with Crippen molar-refractivity contribution in [3.8, 4) is 0 Å². The molecule has 1 aromatic carbocycles. The van der Waals surface area contributed by atoms with Crippen LogP contribution < -0.4 is 10.6 Å². The Bertz CT molecular complexity index is 680. The average molecular weight is 292 g/mol. The second-order valence-electron chi connectivity index (χ2n) is 5.10. The summed E-state index contributed by atoms with van der Waals surface area (Å²) in [6, 6.07) is 5.16. The molecule has 0 aliphatic carbocycles. The van der Waals surface area contributed by atoms with Crippen LogP contribution in [0, 0.1) is 0 Å². The molecule has 1 unspecified atom stereocenters. The molecule has 20 heavy (non-hydrogen) atoms. The molecule has 0 aromatic heterocycles. The van der Waals surface area contributed by atoms with E-state index in [0.29, 0.717) is 5.56 Å². The summed E-state index contributed by atoms with van der Waals surface area (Å²) >= 11 is 0. The van der Waals surface area contributed by atoms with Gasteiger partial charge in [-0.3, -0.25) is 4.79 Å². The van der Waals surface area contributed by atoms with E-state index < -0.39 is 15.9 Å². The molecular formula is C14H16N2O3S. The van der Waals surface area contributed by atoms with Crippen LogP contribution >= 0.6 is 0 Å². The third kappa shape index (κ3) is 2.56. The van der Waals surface area contributed by atoms with E-state index in [2.05, 4.69) is 10.6 Å². The van der Waals surface area contributed by atoms with Crippen LogP contribution in [-0.4, -0.2) is 32.7 Å². The molecule has 5 nitrogen and oxygen atoms in total. The molecule has 2 aliphatic rings. The Labute approximate surface area is 118 Å². The lowest BCUT2D eigenvalue weighted by Gasteiger charge is -2.21. The lowest BCUT2D eigenvalue weighted by atomic mass is 9.97. The molecule has 0 spiro atoms. The van der Waals surface area contributed by atoms with Gasteiger partial charge in [0.05, 0.1) is 11.8 Å². The smallest absolute Gasteiger partial charge is 0.252 e. The Balaban J connectivity index is 1.80. The Kier molecular flexibility index (Phi) is 3.25. The van der Waals surface area contributed by atoms with Crippen molar-refractivity contribution in [2.24, 2.45) is 0 Å². The van der Waals surface area contributed by atoms with Gasteiger partial charge in [0.1, 0.15) is 0 Å².